The fraction of sp³-hybridized carbons (Fsp3) is 0.455. The Hall–Kier alpha value is -0.600. The second-order valence-electron chi connectivity index (χ2n) is 3.13. The maximum atomic E-state index is 12.5. The highest BCUT2D eigenvalue weighted by Gasteiger charge is 1.92. The Bertz CT molecular complexity index is 236. The summed E-state index contributed by atoms with van der Waals surface area (Å²) < 4.78 is 12.5. The van der Waals surface area contributed by atoms with Gasteiger partial charge in [-0.1, -0.05) is 19.1 Å². The molecule has 0 spiro atoms. The molecule has 0 atom stereocenters. The van der Waals surface area contributed by atoms with Crippen LogP contribution < -0.4 is 5.32 Å². The predicted molar refractivity (Wildman–Crippen MR) is 60.5 cm³/mol. The molecule has 0 aromatic heterocycles. The van der Waals surface area contributed by atoms with Crippen molar-refractivity contribution in [3.05, 3.63) is 35.6 Å². The fourth-order valence-electron chi connectivity index (χ4n) is 1.19. The molecule has 14 heavy (non-hydrogen) atoms. The highest BCUT2D eigenvalue weighted by atomic mass is 35.5. The molecule has 0 saturated carbocycles. The second-order valence-corrected chi connectivity index (χ2v) is 3.13. The van der Waals surface area contributed by atoms with Gasteiger partial charge in [-0.3, -0.25) is 0 Å². The first kappa shape index (κ1) is 13.4. The summed E-state index contributed by atoms with van der Waals surface area (Å²) in [5.74, 6) is -0.162. The van der Waals surface area contributed by atoms with E-state index in [1.807, 2.05) is 12.1 Å². The second kappa shape index (κ2) is 7.77. The first-order chi connectivity index (χ1) is 6.33. The maximum Gasteiger partial charge on any atom is 0.123 e. The van der Waals surface area contributed by atoms with Crippen molar-refractivity contribution in [1.29, 1.82) is 0 Å². The summed E-state index contributed by atoms with van der Waals surface area (Å²) in [6.07, 6.45) is 2.13. The monoisotopic (exact) mass is 217 g/mol. The van der Waals surface area contributed by atoms with E-state index in [-0.39, 0.29) is 18.2 Å². The maximum absolute atomic E-state index is 12.5. The molecule has 1 nitrogen and oxygen atoms in total. The first-order valence-corrected chi connectivity index (χ1v) is 4.78. The molecule has 1 aromatic rings. The van der Waals surface area contributed by atoms with Crippen LogP contribution in [0, 0.1) is 5.82 Å². The molecule has 1 rings (SSSR count). The Labute approximate surface area is 91.1 Å². The van der Waals surface area contributed by atoms with E-state index in [9.17, 15) is 4.39 Å². The van der Waals surface area contributed by atoms with Crippen molar-refractivity contribution >= 4 is 12.4 Å². The Morgan fingerprint density at radius 1 is 1.14 bits per heavy atom. The summed E-state index contributed by atoms with van der Waals surface area (Å²) >= 11 is 0. The van der Waals surface area contributed by atoms with Crippen LogP contribution >= 0.6 is 12.4 Å². The number of benzene rings is 1. The van der Waals surface area contributed by atoms with Crippen LogP contribution in [0.4, 0.5) is 4.39 Å². The number of halogens is 2. The standard InChI is InChI=1S/C11H16FN.ClH/c1-2-8-13-9-7-10-3-5-11(12)6-4-10;/h3-6,13H,2,7-9H2,1H3;1H. The minimum absolute atomic E-state index is 0. The minimum Gasteiger partial charge on any atom is -0.316 e. The lowest BCUT2D eigenvalue weighted by Crippen LogP contribution is -2.17. The highest BCUT2D eigenvalue weighted by molar-refractivity contribution is 5.85. The van der Waals surface area contributed by atoms with Crippen molar-refractivity contribution < 1.29 is 4.39 Å². The van der Waals surface area contributed by atoms with Crippen LogP contribution in [-0.4, -0.2) is 13.1 Å². The van der Waals surface area contributed by atoms with E-state index in [1.54, 1.807) is 0 Å². The summed E-state index contributed by atoms with van der Waals surface area (Å²) in [6, 6.07) is 6.69. The quantitative estimate of drug-likeness (QED) is 0.748. The van der Waals surface area contributed by atoms with Crippen LogP contribution in [0.15, 0.2) is 24.3 Å². The Morgan fingerprint density at radius 3 is 2.36 bits per heavy atom. The van der Waals surface area contributed by atoms with E-state index in [1.165, 1.54) is 17.7 Å². The molecule has 0 aliphatic heterocycles. The lowest BCUT2D eigenvalue weighted by Gasteiger charge is -2.02. The van der Waals surface area contributed by atoms with Crippen LogP contribution in [0.5, 0.6) is 0 Å². The zero-order valence-corrected chi connectivity index (χ0v) is 9.24. The molecule has 0 aliphatic carbocycles. The lowest BCUT2D eigenvalue weighted by atomic mass is 10.1. The molecule has 0 saturated heterocycles. The van der Waals surface area contributed by atoms with Gasteiger partial charge in [-0.2, -0.15) is 0 Å². The third-order valence-electron chi connectivity index (χ3n) is 1.93. The van der Waals surface area contributed by atoms with Crippen LogP contribution in [-0.2, 0) is 6.42 Å². The zero-order valence-electron chi connectivity index (χ0n) is 8.42. The zero-order chi connectivity index (χ0) is 9.52. The van der Waals surface area contributed by atoms with Gasteiger partial charge in [0.15, 0.2) is 0 Å². The summed E-state index contributed by atoms with van der Waals surface area (Å²) in [7, 11) is 0. The van der Waals surface area contributed by atoms with Gasteiger partial charge in [0, 0.05) is 0 Å². The molecule has 0 aliphatic rings. The van der Waals surface area contributed by atoms with Crippen molar-refractivity contribution in [3.63, 3.8) is 0 Å². The Morgan fingerprint density at radius 2 is 1.79 bits per heavy atom. The largest absolute Gasteiger partial charge is 0.316 e. The lowest BCUT2D eigenvalue weighted by molar-refractivity contribution is 0.625. The van der Waals surface area contributed by atoms with E-state index in [0.29, 0.717) is 0 Å². The van der Waals surface area contributed by atoms with E-state index in [0.717, 1.165) is 25.9 Å². The van der Waals surface area contributed by atoms with Gasteiger partial charge in [-0.25, -0.2) is 4.39 Å². The Balaban J connectivity index is 0.00000169. The molecule has 0 radical (unpaired) electrons. The summed E-state index contributed by atoms with van der Waals surface area (Å²) in [4.78, 5) is 0. The van der Waals surface area contributed by atoms with E-state index < -0.39 is 0 Å². The highest BCUT2D eigenvalue weighted by Crippen LogP contribution is 2.02. The summed E-state index contributed by atoms with van der Waals surface area (Å²) in [5, 5.41) is 3.30. The van der Waals surface area contributed by atoms with Crippen molar-refractivity contribution in [1.82, 2.24) is 5.32 Å². The smallest absolute Gasteiger partial charge is 0.123 e. The predicted octanol–water partition coefficient (Wildman–Crippen LogP) is 2.79. The van der Waals surface area contributed by atoms with Crippen molar-refractivity contribution in [3.8, 4) is 0 Å². The molecule has 3 heteroatoms. The summed E-state index contributed by atoms with van der Waals surface area (Å²) in [5.41, 5.74) is 1.19. The molecule has 0 heterocycles. The van der Waals surface area contributed by atoms with Gasteiger partial charge in [-0.05, 0) is 43.6 Å². The molecular formula is C11H17ClFN. The van der Waals surface area contributed by atoms with Gasteiger partial charge < -0.3 is 5.32 Å². The van der Waals surface area contributed by atoms with E-state index in [2.05, 4.69) is 12.2 Å². The number of rotatable bonds is 5. The van der Waals surface area contributed by atoms with E-state index in [4.69, 9.17) is 0 Å². The SMILES string of the molecule is CCCNCCc1ccc(F)cc1.Cl. The molecule has 0 bridgehead atoms. The van der Waals surface area contributed by atoms with Crippen molar-refractivity contribution in [2.45, 2.75) is 19.8 Å². The van der Waals surface area contributed by atoms with Crippen LogP contribution in [0.3, 0.4) is 0 Å². The molecular weight excluding hydrogens is 201 g/mol. The normalized spacial score (nSPS) is 9.57. The third-order valence-corrected chi connectivity index (χ3v) is 1.93. The van der Waals surface area contributed by atoms with Crippen LogP contribution in [0.2, 0.25) is 0 Å². The van der Waals surface area contributed by atoms with Gasteiger partial charge in [0.05, 0.1) is 0 Å². The molecule has 1 N–H and O–H groups in total. The van der Waals surface area contributed by atoms with Gasteiger partial charge in [-0.15, -0.1) is 12.4 Å². The molecule has 0 fully saturated rings. The molecule has 1 aromatic carbocycles. The number of nitrogens with one attached hydrogen (secondary N) is 1. The third kappa shape index (κ3) is 5.20. The van der Waals surface area contributed by atoms with Gasteiger partial charge in [0.25, 0.3) is 0 Å². The molecule has 80 valence electrons. The topological polar surface area (TPSA) is 12.0 Å². The average molecular weight is 218 g/mol. The molecule has 0 amide bonds. The molecule has 0 unspecified atom stereocenters. The van der Waals surface area contributed by atoms with Crippen LogP contribution in [0.1, 0.15) is 18.9 Å². The van der Waals surface area contributed by atoms with E-state index >= 15 is 0 Å². The van der Waals surface area contributed by atoms with Gasteiger partial charge in [0.1, 0.15) is 5.82 Å². The van der Waals surface area contributed by atoms with Gasteiger partial charge in [0.2, 0.25) is 0 Å². The minimum atomic E-state index is -0.162. The van der Waals surface area contributed by atoms with Crippen molar-refractivity contribution in [2.75, 3.05) is 13.1 Å². The average Bonchev–Trinajstić information content (AvgIpc) is 2.15. The van der Waals surface area contributed by atoms with Gasteiger partial charge >= 0.3 is 0 Å². The Kier molecular flexibility index (Phi) is 7.44. The van der Waals surface area contributed by atoms with Crippen LogP contribution in [0.25, 0.3) is 0 Å². The summed E-state index contributed by atoms with van der Waals surface area (Å²) in [6.45, 7) is 4.17. The first-order valence-electron chi connectivity index (χ1n) is 4.78. The fourth-order valence-corrected chi connectivity index (χ4v) is 1.19. The number of hydrogen-bond acceptors (Lipinski definition) is 1. The number of hydrogen-bond donors (Lipinski definition) is 1. The van der Waals surface area contributed by atoms with Crippen molar-refractivity contribution in [2.24, 2.45) is 0 Å².